The molecule has 2 fully saturated rings. The molecule has 0 aliphatic heterocycles. The predicted octanol–water partition coefficient (Wildman–Crippen LogP) is 3.74. The number of nitrogens with zero attached hydrogens (tertiary/aromatic N) is 1. The van der Waals surface area contributed by atoms with Gasteiger partial charge in [0.25, 0.3) is 0 Å². The van der Waals surface area contributed by atoms with Crippen LogP contribution in [-0.2, 0) is 6.42 Å². The van der Waals surface area contributed by atoms with Crippen LogP contribution >= 0.6 is 24.0 Å². The minimum atomic E-state index is 0. The number of halogens is 1. The number of rotatable bonds is 6. The summed E-state index contributed by atoms with van der Waals surface area (Å²) < 4.78 is 6.01. The number of nitrogens with one attached hydrogen (secondary N) is 2. The Bertz CT molecular complexity index is 526. The molecule has 0 amide bonds. The van der Waals surface area contributed by atoms with Crippen LogP contribution in [0.15, 0.2) is 29.3 Å². The van der Waals surface area contributed by atoms with Gasteiger partial charge in [-0.25, -0.2) is 0 Å². The number of aliphatic imine (C=N–C) groups is 1. The molecular formula is C19H30IN3O. The highest BCUT2D eigenvalue weighted by molar-refractivity contribution is 14.0. The molecule has 2 atom stereocenters. The van der Waals surface area contributed by atoms with Crippen molar-refractivity contribution in [1.29, 1.82) is 0 Å². The van der Waals surface area contributed by atoms with Gasteiger partial charge in [0.1, 0.15) is 5.75 Å². The highest BCUT2D eigenvalue weighted by Gasteiger charge is 2.33. The van der Waals surface area contributed by atoms with Crippen molar-refractivity contribution < 1.29 is 4.74 Å². The molecule has 0 spiro atoms. The van der Waals surface area contributed by atoms with Crippen LogP contribution in [0.2, 0.25) is 0 Å². The van der Waals surface area contributed by atoms with E-state index in [1.807, 2.05) is 7.05 Å². The summed E-state index contributed by atoms with van der Waals surface area (Å²) in [5.74, 6) is 2.70. The van der Waals surface area contributed by atoms with Crippen molar-refractivity contribution in [3.8, 4) is 5.75 Å². The van der Waals surface area contributed by atoms with Gasteiger partial charge in [0.05, 0.1) is 6.10 Å². The summed E-state index contributed by atoms with van der Waals surface area (Å²) in [6.07, 6.45) is 7.71. The summed E-state index contributed by atoms with van der Waals surface area (Å²) in [5, 5.41) is 6.84. The molecule has 24 heavy (non-hydrogen) atoms. The van der Waals surface area contributed by atoms with Crippen molar-refractivity contribution in [2.45, 2.75) is 57.6 Å². The predicted molar refractivity (Wildman–Crippen MR) is 111 cm³/mol. The second-order valence-corrected chi connectivity index (χ2v) is 6.88. The lowest BCUT2D eigenvalue weighted by Crippen LogP contribution is -2.39. The van der Waals surface area contributed by atoms with E-state index in [0.29, 0.717) is 12.1 Å². The van der Waals surface area contributed by atoms with Crippen LogP contribution in [-0.4, -0.2) is 31.7 Å². The summed E-state index contributed by atoms with van der Waals surface area (Å²) in [4.78, 5) is 4.28. The SMILES string of the molecule is CN=C(NCCc1ccc(OC2CCCC2)cc1)NC1CC1C.I. The van der Waals surface area contributed by atoms with E-state index < -0.39 is 0 Å². The molecule has 0 heterocycles. The molecule has 2 aliphatic carbocycles. The normalized spacial score (nSPS) is 23.5. The molecule has 1 aromatic carbocycles. The summed E-state index contributed by atoms with van der Waals surface area (Å²) >= 11 is 0. The van der Waals surface area contributed by atoms with Crippen LogP contribution in [0.4, 0.5) is 0 Å². The maximum atomic E-state index is 6.01. The average Bonchev–Trinajstić information content (AvgIpc) is 3.02. The average molecular weight is 443 g/mol. The van der Waals surface area contributed by atoms with Crippen LogP contribution in [0.1, 0.15) is 44.6 Å². The van der Waals surface area contributed by atoms with Crippen molar-refractivity contribution >= 4 is 29.9 Å². The van der Waals surface area contributed by atoms with Crippen molar-refractivity contribution in [1.82, 2.24) is 10.6 Å². The molecule has 5 heteroatoms. The zero-order valence-corrected chi connectivity index (χ0v) is 17.1. The quantitative estimate of drug-likeness (QED) is 0.400. The number of benzene rings is 1. The lowest BCUT2D eigenvalue weighted by molar-refractivity contribution is 0.210. The van der Waals surface area contributed by atoms with E-state index in [4.69, 9.17) is 4.74 Å². The number of guanidine groups is 1. The Morgan fingerprint density at radius 2 is 1.88 bits per heavy atom. The maximum absolute atomic E-state index is 6.01. The van der Waals surface area contributed by atoms with Gasteiger partial charge >= 0.3 is 0 Å². The number of hydrogen-bond acceptors (Lipinski definition) is 2. The fourth-order valence-electron chi connectivity index (χ4n) is 3.15. The Labute approximate surface area is 162 Å². The van der Waals surface area contributed by atoms with Crippen molar-refractivity contribution in [2.75, 3.05) is 13.6 Å². The molecular weight excluding hydrogens is 413 g/mol. The minimum Gasteiger partial charge on any atom is -0.490 e. The maximum Gasteiger partial charge on any atom is 0.191 e. The van der Waals surface area contributed by atoms with Gasteiger partial charge in [0, 0.05) is 19.6 Å². The number of ether oxygens (including phenoxy) is 1. The highest BCUT2D eigenvalue weighted by atomic mass is 127. The molecule has 2 aliphatic rings. The molecule has 134 valence electrons. The first-order valence-electron chi connectivity index (χ1n) is 8.97. The molecule has 0 aromatic heterocycles. The molecule has 0 bridgehead atoms. The number of hydrogen-bond donors (Lipinski definition) is 2. The highest BCUT2D eigenvalue weighted by Crippen LogP contribution is 2.28. The van der Waals surface area contributed by atoms with Gasteiger partial charge in [-0.15, -0.1) is 24.0 Å². The van der Waals surface area contributed by atoms with Gasteiger partial charge in [-0.2, -0.15) is 0 Å². The lowest BCUT2D eigenvalue weighted by Gasteiger charge is -2.14. The zero-order valence-electron chi connectivity index (χ0n) is 14.8. The molecule has 0 radical (unpaired) electrons. The second kappa shape index (κ2) is 9.49. The van der Waals surface area contributed by atoms with E-state index in [1.165, 1.54) is 37.7 Å². The minimum absolute atomic E-state index is 0. The monoisotopic (exact) mass is 443 g/mol. The smallest absolute Gasteiger partial charge is 0.191 e. The first kappa shape index (κ1) is 19.3. The topological polar surface area (TPSA) is 45.7 Å². The first-order valence-corrected chi connectivity index (χ1v) is 8.97. The molecule has 4 nitrogen and oxygen atoms in total. The van der Waals surface area contributed by atoms with Gasteiger partial charge in [-0.3, -0.25) is 4.99 Å². The summed E-state index contributed by atoms with van der Waals surface area (Å²) in [6.45, 7) is 3.16. The second-order valence-electron chi connectivity index (χ2n) is 6.88. The third-order valence-electron chi connectivity index (χ3n) is 4.89. The van der Waals surface area contributed by atoms with Gasteiger partial charge in [0.2, 0.25) is 0 Å². The van der Waals surface area contributed by atoms with E-state index in [1.54, 1.807) is 0 Å². The molecule has 2 saturated carbocycles. The third kappa shape index (κ3) is 5.83. The van der Waals surface area contributed by atoms with Crippen LogP contribution in [0.25, 0.3) is 0 Å². The Morgan fingerprint density at radius 1 is 1.21 bits per heavy atom. The van der Waals surface area contributed by atoms with Crippen molar-refractivity contribution in [3.05, 3.63) is 29.8 Å². The first-order chi connectivity index (χ1) is 11.2. The molecule has 0 saturated heterocycles. The van der Waals surface area contributed by atoms with Crippen molar-refractivity contribution in [3.63, 3.8) is 0 Å². The van der Waals surface area contributed by atoms with E-state index in [0.717, 1.165) is 30.6 Å². The molecule has 3 rings (SSSR count). The van der Waals surface area contributed by atoms with Gasteiger partial charge in [0.15, 0.2) is 5.96 Å². The van der Waals surface area contributed by atoms with Gasteiger partial charge in [-0.1, -0.05) is 19.1 Å². The van der Waals surface area contributed by atoms with E-state index in [2.05, 4.69) is 46.8 Å². The van der Waals surface area contributed by atoms with Crippen LogP contribution in [0, 0.1) is 5.92 Å². The Morgan fingerprint density at radius 3 is 2.46 bits per heavy atom. The Balaban J connectivity index is 0.00000208. The zero-order chi connectivity index (χ0) is 16.1. The Hall–Kier alpha value is -0.980. The largest absolute Gasteiger partial charge is 0.490 e. The molecule has 1 aromatic rings. The van der Waals surface area contributed by atoms with Gasteiger partial charge < -0.3 is 15.4 Å². The van der Waals surface area contributed by atoms with E-state index in [-0.39, 0.29) is 24.0 Å². The van der Waals surface area contributed by atoms with Gasteiger partial charge in [-0.05, 0) is 62.1 Å². The summed E-state index contributed by atoms with van der Waals surface area (Å²) in [5.41, 5.74) is 1.33. The van der Waals surface area contributed by atoms with E-state index in [9.17, 15) is 0 Å². The van der Waals surface area contributed by atoms with Crippen LogP contribution < -0.4 is 15.4 Å². The van der Waals surface area contributed by atoms with E-state index >= 15 is 0 Å². The third-order valence-corrected chi connectivity index (χ3v) is 4.89. The Kier molecular flexibility index (Phi) is 7.65. The fourth-order valence-corrected chi connectivity index (χ4v) is 3.15. The van der Waals surface area contributed by atoms with Crippen molar-refractivity contribution in [2.24, 2.45) is 10.9 Å². The fraction of sp³-hybridized carbons (Fsp3) is 0.632. The lowest BCUT2D eigenvalue weighted by atomic mass is 10.1. The summed E-state index contributed by atoms with van der Waals surface area (Å²) in [6, 6.07) is 9.16. The van der Waals surface area contributed by atoms with Crippen LogP contribution in [0.3, 0.4) is 0 Å². The van der Waals surface area contributed by atoms with Crippen LogP contribution in [0.5, 0.6) is 5.75 Å². The standard InChI is InChI=1S/C19H29N3O.HI/c1-14-13-18(14)22-19(20-2)21-12-11-15-7-9-17(10-8-15)23-16-5-3-4-6-16;/h7-10,14,16,18H,3-6,11-13H2,1-2H3,(H2,20,21,22);1H. The summed E-state index contributed by atoms with van der Waals surface area (Å²) in [7, 11) is 1.83. The molecule has 2 N–H and O–H groups in total. The molecule has 2 unspecified atom stereocenters.